The number of halogens is 3. The smallest absolute Gasteiger partial charge is 0.416 e. The van der Waals surface area contributed by atoms with Crippen LogP contribution in [-0.4, -0.2) is 59.3 Å². The maximum Gasteiger partial charge on any atom is 0.416 e. The van der Waals surface area contributed by atoms with Crippen LogP contribution in [0.1, 0.15) is 23.1 Å². The van der Waals surface area contributed by atoms with E-state index in [0.717, 1.165) is 12.1 Å². The van der Waals surface area contributed by atoms with Crippen molar-refractivity contribution in [3.63, 3.8) is 0 Å². The first-order chi connectivity index (χ1) is 15.4. The molecule has 2 aromatic heterocycles. The van der Waals surface area contributed by atoms with Gasteiger partial charge in [0.2, 0.25) is 5.82 Å². The number of H-pyrrole nitrogens is 1. The number of nitrogens with one attached hydrogen (secondary N) is 2. The summed E-state index contributed by atoms with van der Waals surface area (Å²) in [6.45, 7) is 1.91. The van der Waals surface area contributed by atoms with Gasteiger partial charge < -0.3 is 19.4 Å². The van der Waals surface area contributed by atoms with Gasteiger partial charge in [-0.3, -0.25) is 10.1 Å². The van der Waals surface area contributed by atoms with E-state index in [2.05, 4.69) is 25.5 Å². The van der Waals surface area contributed by atoms with Gasteiger partial charge in [-0.25, -0.2) is 4.98 Å². The van der Waals surface area contributed by atoms with Crippen LogP contribution in [0.2, 0.25) is 0 Å². The van der Waals surface area contributed by atoms with Crippen LogP contribution >= 0.6 is 0 Å². The van der Waals surface area contributed by atoms with Gasteiger partial charge in [0.25, 0.3) is 0 Å². The average molecular weight is 448 g/mol. The zero-order valence-electron chi connectivity index (χ0n) is 17.4. The molecular weight excluding hydrogens is 425 g/mol. The van der Waals surface area contributed by atoms with E-state index in [1.807, 2.05) is 4.90 Å². The fraction of sp³-hybridized carbons (Fsp3) is 0.381. The van der Waals surface area contributed by atoms with Crippen LogP contribution in [0.25, 0.3) is 11.6 Å². The van der Waals surface area contributed by atoms with Crippen LogP contribution < -0.4 is 5.32 Å². The maximum atomic E-state index is 13.1. The third-order valence-corrected chi connectivity index (χ3v) is 5.08. The first-order valence-corrected chi connectivity index (χ1v) is 10.1. The number of nitrogens with zero attached hydrogens (tertiary/aromatic N) is 4. The lowest BCUT2D eigenvalue weighted by molar-refractivity contribution is -0.137. The topological polar surface area (TPSA) is 91.6 Å². The zero-order valence-corrected chi connectivity index (χ0v) is 17.4. The van der Waals surface area contributed by atoms with Crippen molar-refractivity contribution in [3.8, 4) is 11.6 Å². The predicted octanol–water partition coefficient (Wildman–Crippen LogP) is 3.27. The van der Waals surface area contributed by atoms with Crippen LogP contribution in [0, 0.1) is 0 Å². The molecule has 0 radical (unpaired) electrons. The van der Waals surface area contributed by atoms with Crippen molar-refractivity contribution in [2.75, 3.05) is 33.3 Å². The molecule has 8 nitrogen and oxygen atoms in total. The van der Waals surface area contributed by atoms with E-state index in [0.29, 0.717) is 61.6 Å². The molecule has 1 atom stereocenters. The lowest BCUT2D eigenvalue weighted by Crippen LogP contribution is -2.48. The summed E-state index contributed by atoms with van der Waals surface area (Å²) in [6.07, 6.45) is -2.73. The Morgan fingerprint density at radius 3 is 2.94 bits per heavy atom. The Morgan fingerprint density at radius 2 is 2.19 bits per heavy atom. The minimum Gasteiger partial charge on any atom is -0.461 e. The second kappa shape index (κ2) is 9.43. The molecule has 1 saturated heterocycles. The maximum absolute atomic E-state index is 13.1. The first kappa shape index (κ1) is 21.9. The van der Waals surface area contributed by atoms with Crippen LogP contribution in [-0.2, 0) is 17.3 Å². The lowest BCUT2D eigenvalue weighted by atomic mass is 10.0. The van der Waals surface area contributed by atoms with Crippen molar-refractivity contribution < 1.29 is 22.3 Å². The summed E-state index contributed by atoms with van der Waals surface area (Å²) in [5.74, 6) is 2.43. The molecule has 0 bridgehead atoms. The molecule has 4 rings (SSSR count). The predicted molar refractivity (Wildman–Crippen MR) is 111 cm³/mol. The van der Waals surface area contributed by atoms with Crippen LogP contribution in [0.3, 0.4) is 0 Å². The number of aromatic amines is 1. The second-order valence-electron chi connectivity index (χ2n) is 7.24. The average Bonchev–Trinajstić information content (AvgIpc) is 3.48. The highest BCUT2D eigenvalue weighted by Crippen LogP contribution is 2.32. The Morgan fingerprint density at radius 1 is 1.31 bits per heavy atom. The number of aliphatic imine (C=N–C) groups is 1. The number of ether oxygens (including phenoxy) is 1. The third kappa shape index (κ3) is 5.10. The first-order valence-electron chi connectivity index (χ1n) is 10.1. The van der Waals surface area contributed by atoms with Crippen molar-refractivity contribution in [2.45, 2.75) is 18.7 Å². The quantitative estimate of drug-likeness (QED) is 0.460. The standard InChI is InChI=1S/C21H23F3N6O2/c1-25-20(26-8-7-18-27-19(29-28-18)16-6-3-10-31-16)30-9-11-32-17(13-30)14-4-2-5-15(12-14)21(22,23)24/h2-6,10,12,17H,7-9,11,13H2,1H3,(H,25,26)(H,27,28,29). The number of benzene rings is 1. The van der Waals surface area contributed by atoms with Gasteiger partial charge in [0.1, 0.15) is 11.9 Å². The normalized spacial score (nSPS) is 17.6. The van der Waals surface area contributed by atoms with Gasteiger partial charge in [-0.2, -0.15) is 18.3 Å². The molecule has 11 heteroatoms. The fourth-order valence-corrected chi connectivity index (χ4v) is 3.51. The molecule has 0 aliphatic carbocycles. The van der Waals surface area contributed by atoms with E-state index in [9.17, 15) is 13.2 Å². The van der Waals surface area contributed by atoms with Gasteiger partial charge in [-0.15, -0.1) is 0 Å². The molecule has 1 unspecified atom stereocenters. The van der Waals surface area contributed by atoms with E-state index >= 15 is 0 Å². The monoisotopic (exact) mass is 448 g/mol. The van der Waals surface area contributed by atoms with Gasteiger partial charge in [-0.05, 0) is 29.8 Å². The molecule has 0 saturated carbocycles. The Hall–Kier alpha value is -3.34. The van der Waals surface area contributed by atoms with E-state index in [4.69, 9.17) is 9.15 Å². The number of morpholine rings is 1. The summed E-state index contributed by atoms with van der Waals surface area (Å²) in [7, 11) is 1.67. The molecule has 32 heavy (non-hydrogen) atoms. The highest BCUT2D eigenvalue weighted by Gasteiger charge is 2.32. The summed E-state index contributed by atoms with van der Waals surface area (Å²) < 4.78 is 50.2. The molecule has 170 valence electrons. The lowest BCUT2D eigenvalue weighted by Gasteiger charge is -2.35. The summed E-state index contributed by atoms with van der Waals surface area (Å²) in [5.41, 5.74) is -0.189. The van der Waals surface area contributed by atoms with Crippen molar-refractivity contribution >= 4 is 5.96 Å². The van der Waals surface area contributed by atoms with Crippen LogP contribution in [0.5, 0.6) is 0 Å². The molecular formula is C21H23F3N6O2. The SMILES string of the molecule is CN=C(NCCc1nc(-c2ccco2)n[nH]1)N1CCOC(c2cccc(C(F)(F)F)c2)C1. The Kier molecular flexibility index (Phi) is 6.45. The van der Waals surface area contributed by atoms with Crippen molar-refractivity contribution in [1.29, 1.82) is 0 Å². The highest BCUT2D eigenvalue weighted by atomic mass is 19.4. The van der Waals surface area contributed by atoms with Gasteiger partial charge in [0.15, 0.2) is 11.7 Å². The second-order valence-corrected chi connectivity index (χ2v) is 7.24. The van der Waals surface area contributed by atoms with Gasteiger partial charge in [0.05, 0.1) is 25.0 Å². The largest absolute Gasteiger partial charge is 0.461 e. The van der Waals surface area contributed by atoms with Gasteiger partial charge in [0, 0.05) is 26.6 Å². The molecule has 3 heterocycles. The summed E-state index contributed by atoms with van der Waals surface area (Å²) in [6, 6.07) is 8.82. The zero-order chi connectivity index (χ0) is 22.6. The fourth-order valence-electron chi connectivity index (χ4n) is 3.51. The van der Waals surface area contributed by atoms with Crippen molar-refractivity contribution in [3.05, 3.63) is 59.6 Å². The number of hydrogen-bond acceptors (Lipinski definition) is 5. The molecule has 3 aromatic rings. The summed E-state index contributed by atoms with van der Waals surface area (Å²) >= 11 is 0. The number of hydrogen-bond donors (Lipinski definition) is 2. The minimum absolute atomic E-state index is 0.385. The number of furan rings is 1. The molecule has 1 aliphatic heterocycles. The molecule has 2 N–H and O–H groups in total. The van der Waals surface area contributed by atoms with Crippen molar-refractivity contribution in [2.24, 2.45) is 4.99 Å². The summed E-state index contributed by atoms with van der Waals surface area (Å²) in [5, 5.41) is 10.3. The van der Waals surface area contributed by atoms with Gasteiger partial charge >= 0.3 is 6.18 Å². The number of aromatic nitrogens is 3. The molecule has 0 spiro atoms. The number of rotatable bonds is 5. The Balaban J connectivity index is 1.34. The highest BCUT2D eigenvalue weighted by molar-refractivity contribution is 5.80. The molecule has 1 aliphatic rings. The third-order valence-electron chi connectivity index (χ3n) is 5.08. The van der Waals surface area contributed by atoms with Crippen molar-refractivity contribution in [1.82, 2.24) is 25.4 Å². The Bertz CT molecular complexity index is 1050. The minimum atomic E-state index is -4.39. The molecule has 1 fully saturated rings. The van der Waals surface area contributed by atoms with E-state index in [1.54, 1.807) is 31.5 Å². The van der Waals surface area contributed by atoms with E-state index < -0.39 is 17.8 Å². The number of alkyl halides is 3. The summed E-state index contributed by atoms with van der Waals surface area (Å²) in [4.78, 5) is 10.7. The number of guanidine groups is 1. The van der Waals surface area contributed by atoms with E-state index in [1.165, 1.54) is 6.07 Å². The van der Waals surface area contributed by atoms with E-state index in [-0.39, 0.29) is 0 Å². The molecule has 0 amide bonds. The van der Waals surface area contributed by atoms with Crippen LogP contribution in [0.15, 0.2) is 52.1 Å². The van der Waals surface area contributed by atoms with Crippen LogP contribution in [0.4, 0.5) is 13.2 Å². The molecule has 1 aromatic carbocycles. The Labute approximate surface area is 182 Å². The van der Waals surface area contributed by atoms with Gasteiger partial charge in [-0.1, -0.05) is 12.1 Å².